The zero-order valence-corrected chi connectivity index (χ0v) is 23.7. The van der Waals surface area contributed by atoms with Gasteiger partial charge in [0.05, 0.1) is 0 Å². The molecule has 2 amide bonds. The molecule has 1 aromatic heterocycles. The van der Waals surface area contributed by atoms with Crippen molar-refractivity contribution >= 4 is 53.0 Å². The first kappa shape index (κ1) is 24.7. The average Bonchev–Trinajstić information content (AvgIpc) is 3.31. The average molecular weight is 516 g/mol. The minimum Gasteiger partial charge on any atom is -0.543 e. The summed E-state index contributed by atoms with van der Waals surface area (Å²) in [5.74, 6) is 0.329. The molecule has 5 rings (SSSR count). The summed E-state index contributed by atoms with van der Waals surface area (Å²) in [6.07, 6.45) is 1.70. The molecular weight excluding hydrogens is 482 g/mol. The highest BCUT2D eigenvalue weighted by atomic mass is 32.1. The lowest BCUT2D eigenvalue weighted by Gasteiger charge is -2.37. The van der Waals surface area contributed by atoms with Gasteiger partial charge in [0.15, 0.2) is 0 Å². The lowest BCUT2D eigenvalue weighted by molar-refractivity contribution is 0.0608. The van der Waals surface area contributed by atoms with Gasteiger partial charge in [-0.15, -0.1) is 0 Å². The number of hydrogen-bond donors (Lipinski definition) is 0. The number of thiophene rings is 1. The molecule has 0 bridgehead atoms. The van der Waals surface area contributed by atoms with Crippen LogP contribution in [0, 0.1) is 0 Å². The van der Waals surface area contributed by atoms with E-state index < -0.39 is 8.32 Å². The molecule has 4 nitrogen and oxygen atoms in total. The van der Waals surface area contributed by atoms with Crippen molar-refractivity contribution in [1.29, 1.82) is 0 Å². The van der Waals surface area contributed by atoms with E-state index in [9.17, 15) is 9.59 Å². The van der Waals surface area contributed by atoms with E-state index >= 15 is 0 Å². The third kappa shape index (κ3) is 3.97. The normalized spacial score (nSPS) is 14.2. The topological polar surface area (TPSA) is 46.6 Å². The second kappa shape index (κ2) is 8.85. The molecule has 0 saturated heterocycles. The third-order valence-electron chi connectivity index (χ3n) is 7.76. The predicted molar refractivity (Wildman–Crippen MR) is 153 cm³/mol. The van der Waals surface area contributed by atoms with Gasteiger partial charge in [0, 0.05) is 33.8 Å². The van der Waals surface area contributed by atoms with Crippen molar-refractivity contribution in [3.05, 3.63) is 64.4 Å². The maximum atomic E-state index is 13.7. The number of hydrogen-bond acceptors (Lipinski definition) is 4. The number of fused-ring (bicyclic) bond motifs is 1. The molecular formula is C30H33NO3SSi. The van der Waals surface area contributed by atoms with Crippen molar-refractivity contribution in [2.45, 2.75) is 58.7 Å². The van der Waals surface area contributed by atoms with Gasteiger partial charge in [-0.2, -0.15) is 11.3 Å². The van der Waals surface area contributed by atoms with Crippen molar-refractivity contribution in [1.82, 2.24) is 4.90 Å². The molecule has 0 saturated carbocycles. The van der Waals surface area contributed by atoms with Gasteiger partial charge in [-0.25, -0.2) is 0 Å². The minimum atomic E-state index is -2.16. The lowest BCUT2D eigenvalue weighted by Crippen LogP contribution is -2.44. The van der Waals surface area contributed by atoms with Crippen LogP contribution in [0.3, 0.4) is 0 Å². The zero-order valence-electron chi connectivity index (χ0n) is 21.9. The van der Waals surface area contributed by atoms with Gasteiger partial charge in [-0.3, -0.25) is 14.5 Å². The van der Waals surface area contributed by atoms with Crippen LogP contribution < -0.4 is 4.43 Å². The summed E-state index contributed by atoms with van der Waals surface area (Å²) in [7, 11) is -2.16. The Balaban J connectivity index is 1.79. The molecule has 1 aliphatic rings. The summed E-state index contributed by atoms with van der Waals surface area (Å²) in [6.45, 7) is 13.6. The fourth-order valence-corrected chi connectivity index (χ4v) is 6.48. The quantitative estimate of drug-likeness (QED) is 0.191. The van der Waals surface area contributed by atoms with Crippen molar-refractivity contribution in [3.63, 3.8) is 0 Å². The van der Waals surface area contributed by atoms with E-state index in [2.05, 4.69) is 75.8 Å². The number of unbranched alkanes of at least 4 members (excludes halogenated alkanes) is 1. The second-order valence-electron chi connectivity index (χ2n) is 11.2. The highest BCUT2D eigenvalue weighted by Gasteiger charge is 2.40. The molecule has 2 heterocycles. The number of carbonyl (C=O) groups is 2. The lowest BCUT2D eigenvalue weighted by atomic mass is 9.89. The van der Waals surface area contributed by atoms with Gasteiger partial charge in [0.25, 0.3) is 20.1 Å². The van der Waals surface area contributed by atoms with Crippen LogP contribution in [0.1, 0.15) is 61.3 Å². The molecule has 1 aliphatic heterocycles. The standard InChI is InChI=1S/C30H33NO3SSi/c1-7-8-14-31-28(32)22-12-13-26(34-36(5,6)30(2,3)4)23-15-20(16-24(27(22)23)29(31)33)21-11-9-10-19-17-35-18-25(19)21/h9-13,15-18H,7-8,14H2,1-6H3. The first-order valence-electron chi connectivity index (χ1n) is 12.6. The van der Waals surface area contributed by atoms with Crippen molar-refractivity contribution in [2.24, 2.45) is 0 Å². The van der Waals surface area contributed by atoms with E-state index in [0.29, 0.717) is 17.7 Å². The highest BCUT2D eigenvalue weighted by Crippen LogP contribution is 2.44. The summed E-state index contributed by atoms with van der Waals surface area (Å²) < 4.78 is 6.79. The summed E-state index contributed by atoms with van der Waals surface area (Å²) in [5, 5.41) is 8.22. The molecule has 0 N–H and O–H groups in total. The molecule has 0 fully saturated rings. The molecule has 0 radical (unpaired) electrons. The molecule has 0 aliphatic carbocycles. The monoisotopic (exact) mass is 515 g/mol. The number of benzene rings is 3. The molecule has 36 heavy (non-hydrogen) atoms. The second-order valence-corrected chi connectivity index (χ2v) is 16.7. The Labute approximate surface area is 218 Å². The Bertz CT molecular complexity index is 1510. The van der Waals surface area contributed by atoms with Crippen molar-refractivity contribution in [3.8, 4) is 16.9 Å². The van der Waals surface area contributed by atoms with Gasteiger partial charge in [0.2, 0.25) is 0 Å². The Morgan fingerprint density at radius 1 is 0.917 bits per heavy atom. The van der Waals surface area contributed by atoms with E-state index in [4.69, 9.17) is 4.43 Å². The fraction of sp³-hybridized carbons (Fsp3) is 0.333. The maximum absolute atomic E-state index is 13.7. The van der Waals surface area contributed by atoms with Crippen LogP contribution in [0.5, 0.6) is 5.75 Å². The van der Waals surface area contributed by atoms with Crippen LogP contribution in [-0.2, 0) is 0 Å². The van der Waals surface area contributed by atoms with Crippen LogP contribution in [0.4, 0.5) is 0 Å². The molecule has 6 heteroatoms. The van der Waals surface area contributed by atoms with Crippen LogP contribution in [0.15, 0.2) is 53.2 Å². The summed E-state index contributed by atoms with van der Waals surface area (Å²) in [6, 6.07) is 14.1. The molecule has 0 unspecified atom stereocenters. The number of amides is 2. The minimum absolute atomic E-state index is 0.0143. The number of rotatable bonds is 6. The van der Waals surface area contributed by atoms with E-state index in [0.717, 1.165) is 40.5 Å². The molecule has 186 valence electrons. The highest BCUT2D eigenvalue weighted by molar-refractivity contribution is 7.09. The number of nitrogens with zero attached hydrogens (tertiary/aromatic N) is 1. The Morgan fingerprint density at radius 3 is 2.39 bits per heavy atom. The number of carbonyl (C=O) groups excluding carboxylic acids is 2. The van der Waals surface area contributed by atoms with Crippen LogP contribution >= 0.6 is 11.3 Å². The van der Waals surface area contributed by atoms with Crippen LogP contribution in [-0.4, -0.2) is 31.6 Å². The van der Waals surface area contributed by atoms with E-state index in [1.807, 2.05) is 18.2 Å². The van der Waals surface area contributed by atoms with Gasteiger partial charge < -0.3 is 4.43 Å². The number of imide groups is 1. The largest absolute Gasteiger partial charge is 0.543 e. The van der Waals surface area contributed by atoms with Crippen molar-refractivity contribution in [2.75, 3.05) is 6.54 Å². The Kier molecular flexibility index (Phi) is 6.08. The van der Waals surface area contributed by atoms with Crippen LogP contribution in [0.2, 0.25) is 18.1 Å². The smallest absolute Gasteiger partial charge is 0.261 e. The SMILES string of the molecule is CCCCN1C(=O)c2ccc(O[Si](C)(C)C(C)(C)C)c3cc(-c4cccc5cscc45)cc(c23)C1=O. The fourth-order valence-electron chi connectivity index (χ4n) is 4.62. The molecule has 4 aromatic rings. The Hall–Kier alpha value is -2.96. The zero-order chi connectivity index (χ0) is 25.8. The van der Waals surface area contributed by atoms with E-state index in [-0.39, 0.29) is 16.9 Å². The molecule has 0 spiro atoms. The third-order valence-corrected chi connectivity index (χ3v) is 12.9. The summed E-state index contributed by atoms with van der Waals surface area (Å²) >= 11 is 1.67. The van der Waals surface area contributed by atoms with Crippen LogP contribution in [0.25, 0.3) is 32.7 Å². The van der Waals surface area contributed by atoms with E-state index in [1.165, 1.54) is 15.7 Å². The molecule has 3 aromatic carbocycles. The Morgan fingerprint density at radius 2 is 1.67 bits per heavy atom. The van der Waals surface area contributed by atoms with Crippen molar-refractivity contribution < 1.29 is 14.0 Å². The predicted octanol–water partition coefficient (Wildman–Crippen LogP) is 8.50. The molecule has 0 atom stereocenters. The van der Waals surface area contributed by atoms with E-state index in [1.54, 1.807) is 11.3 Å². The first-order chi connectivity index (χ1) is 17.0. The summed E-state index contributed by atoms with van der Waals surface area (Å²) in [4.78, 5) is 28.6. The summed E-state index contributed by atoms with van der Waals surface area (Å²) in [5.41, 5.74) is 3.22. The maximum Gasteiger partial charge on any atom is 0.261 e. The van der Waals surface area contributed by atoms with Gasteiger partial charge in [-0.1, -0.05) is 52.3 Å². The van der Waals surface area contributed by atoms with Gasteiger partial charge in [-0.05, 0) is 76.1 Å². The van der Waals surface area contributed by atoms with Gasteiger partial charge in [0.1, 0.15) is 5.75 Å². The van der Waals surface area contributed by atoms with Gasteiger partial charge >= 0.3 is 0 Å². The first-order valence-corrected chi connectivity index (χ1v) is 16.5.